The molecule has 2 aliphatic carbocycles. The minimum atomic E-state index is 0.276. The van der Waals surface area contributed by atoms with Crippen molar-refractivity contribution in [3.63, 3.8) is 0 Å². The van der Waals surface area contributed by atoms with Gasteiger partial charge in [-0.15, -0.1) is 0 Å². The van der Waals surface area contributed by atoms with Crippen LogP contribution in [0.4, 0.5) is 0 Å². The van der Waals surface area contributed by atoms with Gasteiger partial charge in [0, 0.05) is 30.8 Å². The van der Waals surface area contributed by atoms with Crippen molar-refractivity contribution in [3.05, 3.63) is 24.0 Å². The van der Waals surface area contributed by atoms with E-state index in [0.717, 1.165) is 18.7 Å². The Morgan fingerprint density at radius 3 is 3.00 bits per heavy atom. The van der Waals surface area contributed by atoms with Crippen molar-refractivity contribution in [3.8, 4) is 5.75 Å². The van der Waals surface area contributed by atoms with Crippen molar-refractivity contribution in [2.75, 3.05) is 6.61 Å². The molecular formula is C15H22N2O2. The molecule has 0 amide bonds. The third-order valence-corrected chi connectivity index (χ3v) is 4.82. The summed E-state index contributed by atoms with van der Waals surface area (Å²) >= 11 is 0. The van der Waals surface area contributed by atoms with Crippen LogP contribution in [0.1, 0.15) is 38.3 Å². The molecule has 1 aromatic heterocycles. The number of nitrogens with zero attached hydrogens (tertiary/aromatic N) is 1. The zero-order valence-corrected chi connectivity index (χ0v) is 11.4. The molecule has 0 aromatic carbocycles. The van der Waals surface area contributed by atoms with E-state index in [0.29, 0.717) is 24.1 Å². The van der Waals surface area contributed by atoms with E-state index in [1.54, 1.807) is 18.3 Å². The summed E-state index contributed by atoms with van der Waals surface area (Å²) in [6.45, 7) is 3.51. The first-order chi connectivity index (χ1) is 9.26. The standard InChI is InChI=1S/C15H22N2O2/c1-2-19-14-9-13(15(14)6-4-7-15)17-10-11-12(18)5-3-8-16-11/h3,5,8,13-14,17-18H,2,4,6-7,9-10H2,1H3/t13-,14-/m0/s1. The van der Waals surface area contributed by atoms with Crippen LogP contribution in [0.25, 0.3) is 0 Å². The predicted octanol–water partition coefficient (Wildman–Crippen LogP) is 2.22. The summed E-state index contributed by atoms with van der Waals surface area (Å²) in [7, 11) is 0. The molecule has 104 valence electrons. The maximum Gasteiger partial charge on any atom is 0.138 e. The van der Waals surface area contributed by atoms with Gasteiger partial charge in [0.15, 0.2) is 0 Å². The van der Waals surface area contributed by atoms with E-state index < -0.39 is 0 Å². The summed E-state index contributed by atoms with van der Waals surface area (Å²) in [5.74, 6) is 0.276. The second-order valence-corrected chi connectivity index (χ2v) is 5.67. The summed E-state index contributed by atoms with van der Waals surface area (Å²) in [5.41, 5.74) is 1.09. The fourth-order valence-electron chi connectivity index (χ4n) is 3.51. The Balaban J connectivity index is 1.58. The summed E-state index contributed by atoms with van der Waals surface area (Å²) < 4.78 is 5.84. The van der Waals surface area contributed by atoms with E-state index in [1.165, 1.54) is 19.3 Å². The fourth-order valence-corrected chi connectivity index (χ4v) is 3.51. The first kappa shape index (κ1) is 12.9. The Morgan fingerprint density at radius 2 is 2.37 bits per heavy atom. The molecule has 3 rings (SSSR count). The van der Waals surface area contributed by atoms with Gasteiger partial charge in [-0.3, -0.25) is 4.98 Å². The topological polar surface area (TPSA) is 54.4 Å². The monoisotopic (exact) mass is 262 g/mol. The molecule has 0 radical (unpaired) electrons. The average Bonchev–Trinajstić information content (AvgIpc) is 2.32. The number of ether oxygens (including phenoxy) is 1. The zero-order chi connectivity index (χ0) is 13.3. The molecule has 0 unspecified atom stereocenters. The number of rotatable bonds is 5. The molecule has 19 heavy (non-hydrogen) atoms. The number of aromatic nitrogens is 1. The molecule has 2 fully saturated rings. The minimum Gasteiger partial charge on any atom is -0.506 e. The molecule has 0 saturated heterocycles. The molecule has 4 nitrogen and oxygen atoms in total. The summed E-state index contributed by atoms with van der Waals surface area (Å²) in [5, 5.41) is 13.3. The molecule has 0 aliphatic heterocycles. The smallest absolute Gasteiger partial charge is 0.138 e. The van der Waals surface area contributed by atoms with E-state index in [4.69, 9.17) is 4.74 Å². The lowest BCUT2D eigenvalue weighted by molar-refractivity contribution is -0.173. The van der Waals surface area contributed by atoms with E-state index in [-0.39, 0.29) is 5.75 Å². The van der Waals surface area contributed by atoms with Crippen LogP contribution in [0.2, 0.25) is 0 Å². The van der Waals surface area contributed by atoms with Gasteiger partial charge in [-0.25, -0.2) is 0 Å². The van der Waals surface area contributed by atoms with E-state index >= 15 is 0 Å². The van der Waals surface area contributed by atoms with Gasteiger partial charge in [-0.1, -0.05) is 6.42 Å². The lowest BCUT2D eigenvalue weighted by Gasteiger charge is -2.61. The normalized spacial score (nSPS) is 27.8. The summed E-state index contributed by atoms with van der Waals surface area (Å²) in [4.78, 5) is 4.21. The Morgan fingerprint density at radius 1 is 1.53 bits per heavy atom. The fraction of sp³-hybridized carbons (Fsp3) is 0.667. The summed E-state index contributed by atoms with van der Waals surface area (Å²) in [6.07, 6.45) is 7.09. The van der Waals surface area contributed by atoms with Gasteiger partial charge in [0.05, 0.1) is 11.8 Å². The lowest BCUT2D eigenvalue weighted by atomic mass is 9.51. The summed E-state index contributed by atoms with van der Waals surface area (Å²) in [6, 6.07) is 3.95. The molecule has 2 aliphatic rings. The third-order valence-electron chi connectivity index (χ3n) is 4.82. The number of aromatic hydroxyl groups is 1. The van der Waals surface area contributed by atoms with Gasteiger partial charge in [-0.05, 0) is 38.3 Å². The van der Waals surface area contributed by atoms with Crippen LogP contribution in [-0.4, -0.2) is 28.8 Å². The van der Waals surface area contributed by atoms with E-state index in [2.05, 4.69) is 17.2 Å². The Hall–Kier alpha value is -1.13. The number of pyridine rings is 1. The molecular weight excluding hydrogens is 240 g/mol. The first-order valence-corrected chi connectivity index (χ1v) is 7.24. The largest absolute Gasteiger partial charge is 0.506 e. The van der Waals surface area contributed by atoms with Crippen LogP contribution in [0.3, 0.4) is 0 Å². The Kier molecular flexibility index (Phi) is 3.46. The molecule has 2 N–H and O–H groups in total. The van der Waals surface area contributed by atoms with Gasteiger partial charge in [0.1, 0.15) is 5.75 Å². The molecule has 1 aromatic rings. The second kappa shape index (κ2) is 5.10. The van der Waals surface area contributed by atoms with Crippen LogP contribution >= 0.6 is 0 Å². The van der Waals surface area contributed by atoms with Crippen LogP contribution < -0.4 is 5.32 Å². The van der Waals surface area contributed by atoms with Crippen LogP contribution in [0, 0.1) is 5.41 Å². The Labute approximate surface area is 114 Å². The molecule has 0 bridgehead atoms. The highest BCUT2D eigenvalue weighted by molar-refractivity contribution is 5.25. The van der Waals surface area contributed by atoms with Crippen LogP contribution in [0.5, 0.6) is 5.75 Å². The molecule has 2 saturated carbocycles. The maximum atomic E-state index is 9.72. The van der Waals surface area contributed by atoms with Crippen LogP contribution in [0.15, 0.2) is 18.3 Å². The lowest BCUT2D eigenvalue weighted by Crippen LogP contribution is -2.66. The molecule has 2 atom stereocenters. The molecule has 1 spiro atoms. The number of hydrogen-bond donors (Lipinski definition) is 2. The van der Waals surface area contributed by atoms with Gasteiger partial charge in [0.2, 0.25) is 0 Å². The molecule has 4 heteroatoms. The van der Waals surface area contributed by atoms with Crippen molar-refractivity contribution >= 4 is 0 Å². The van der Waals surface area contributed by atoms with Crippen molar-refractivity contribution in [2.24, 2.45) is 5.41 Å². The van der Waals surface area contributed by atoms with Crippen molar-refractivity contribution < 1.29 is 9.84 Å². The molecule has 1 heterocycles. The SMILES string of the molecule is CCO[C@H]1C[C@H](NCc2ncccc2O)C12CCC2. The van der Waals surface area contributed by atoms with Gasteiger partial charge in [0.25, 0.3) is 0 Å². The van der Waals surface area contributed by atoms with Crippen molar-refractivity contribution in [2.45, 2.75) is 51.3 Å². The predicted molar refractivity (Wildman–Crippen MR) is 72.8 cm³/mol. The van der Waals surface area contributed by atoms with E-state index in [9.17, 15) is 5.11 Å². The minimum absolute atomic E-state index is 0.276. The highest BCUT2D eigenvalue weighted by Gasteiger charge is 2.58. The van der Waals surface area contributed by atoms with Gasteiger partial charge >= 0.3 is 0 Å². The first-order valence-electron chi connectivity index (χ1n) is 7.24. The highest BCUT2D eigenvalue weighted by Crippen LogP contribution is 2.57. The quantitative estimate of drug-likeness (QED) is 0.854. The highest BCUT2D eigenvalue weighted by atomic mass is 16.5. The van der Waals surface area contributed by atoms with Crippen molar-refractivity contribution in [1.29, 1.82) is 0 Å². The number of nitrogens with one attached hydrogen (secondary N) is 1. The zero-order valence-electron chi connectivity index (χ0n) is 11.4. The van der Waals surface area contributed by atoms with Crippen LogP contribution in [-0.2, 0) is 11.3 Å². The second-order valence-electron chi connectivity index (χ2n) is 5.67. The van der Waals surface area contributed by atoms with E-state index in [1.807, 2.05) is 0 Å². The number of hydrogen-bond acceptors (Lipinski definition) is 4. The Bertz CT molecular complexity index is 446. The van der Waals surface area contributed by atoms with Gasteiger partial charge < -0.3 is 15.2 Å². The third kappa shape index (κ3) is 2.13. The average molecular weight is 262 g/mol. The van der Waals surface area contributed by atoms with Crippen molar-refractivity contribution in [1.82, 2.24) is 10.3 Å². The maximum absolute atomic E-state index is 9.72. The van der Waals surface area contributed by atoms with Gasteiger partial charge in [-0.2, -0.15) is 0 Å².